The Balaban J connectivity index is 2.28. The van der Waals surface area contributed by atoms with Gasteiger partial charge in [0.2, 0.25) is 5.91 Å². The first-order valence-corrected chi connectivity index (χ1v) is 8.38. The normalized spacial score (nSPS) is 10.8. The average Bonchev–Trinajstić information content (AvgIpc) is 2.53. The van der Waals surface area contributed by atoms with E-state index in [2.05, 4.69) is 15.9 Å². The highest BCUT2D eigenvalue weighted by Gasteiger charge is 2.13. The predicted molar refractivity (Wildman–Crippen MR) is 99.7 cm³/mol. The maximum atomic E-state index is 10.8. The number of carbonyl (C=O) groups is 1. The highest BCUT2D eigenvalue weighted by molar-refractivity contribution is 9.10. The average molecular weight is 431 g/mol. The van der Waals surface area contributed by atoms with E-state index in [0.29, 0.717) is 31.6 Å². The molecule has 0 aliphatic carbocycles. The van der Waals surface area contributed by atoms with Gasteiger partial charge >= 0.3 is 0 Å². The fourth-order valence-electron chi connectivity index (χ4n) is 1.97. The van der Waals surface area contributed by atoms with Gasteiger partial charge in [0.1, 0.15) is 6.61 Å². The number of primary amides is 1. The van der Waals surface area contributed by atoms with Crippen LogP contribution in [0.15, 0.2) is 40.9 Å². The quantitative estimate of drug-likeness (QED) is 0.666. The number of ether oxygens (including phenoxy) is 2. The van der Waals surface area contributed by atoms with Crippen LogP contribution in [0.3, 0.4) is 0 Å². The van der Waals surface area contributed by atoms with Gasteiger partial charge in [-0.3, -0.25) is 4.79 Å². The molecule has 0 unspecified atom stereocenters. The summed E-state index contributed by atoms with van der Waals surface area (Å²) in [6, 6.07) is 8.77. The zero-order chi connectivity index (χ0) is 17.7. The van der Waals surface area contributed by atoms with Gasteiger partial charge in [-0.1, -0.05) is 29.3 Å². The SMILES string of the molecule is COc1cc(/C=C/C(N)=O)cc(Br)c1OCc1c(Cl)cccc1Cl. The van der Waals surface area contributed by atoms with Gasteiger partial charge in [-0.2, -0.15) is 0 Å². The lowest BCUT2D eigenvalue weighted by Gasteiger charge is -2.15. The van der Waals surface area contributed by atoms with E-state index in [1.807, 2.05) is 0 Å². The summed E-state index contributed by atoms with van der Waals surface area (Å²) in [6.07, 6.45) is 2.86. The molecule has 0 aliphatic heterocycles. The van der Waals surface area contributed by atoms with Crippen LogP contribution >= 0.6 is 39.1 Å². The number of hydrogen-bond acceptors (Lipinski definition) is 3. The predicted octanol–water partition coefficient (Wildman–Crippen LogP) is 4.84. The van der Waals surface area contributed by atoms with E-state index in [4.69, 9.17) is 38.4 Å². The highest BCUT2D eigenvalue weighted by Crippen LogP contribution is 2.38. The van der Waals surface area contributed by atoms with Crippen molar-refractivity contribution in [3.63, 3.8) is 0 Å². The number of carbonyl (C=O) groups excluding carboxylic acids is 1. The Morgan fingerprint density at radius 1 is 1.29 bits per heavy atom. The monoisotopic (exact) mass is 429 g/mol. The number of rotatable bonds is 6. The molecule has 0 aromatic heterocycles. The van der Waals surface area contributed by atoms with E-state index in [1.54, 1.807) is 36.4 Å². The number of benzene rings is 2. The summed E-state index contributed by atoms with van der Waals surface area (Å²) in [5, 5.41) is 1.05. The van der Waals surface area contributed by atoms with Crippen molar-refractivity contribution in [1.82, 2.24) is 0 Å². The van der Waals surface area contributed by atoms with Gasteiger partial charge in [0.05, 0.1) is 11.6 Å². The van der Waals surface area contributed by atoms with E-state index in [9.17, 15) is 4.79 Å². The highest BCUT2D eigenvalue weighted by atomic mass is 79.9. The lowest BCUT2D eigenvalue weighted by molar-refractivity contribution is -0.113. The molecular formula is C17H14BrCl2NO3. The Morgan fingerprint density at radius 3 is 2.54 bits per heavy atom. The Bertz CT molecular complexity index is 773. The molecule has 2 aromatic carbocycles. The van der Waals surface area contributed by atoms with E-state index in [1.165, 1.54) is 13.2 Å². The van der Waals surface area contributed by atoms with Crippen molar-refractivity contribution in [2.45, 2.75) is 6.61 Å². The molecule has 126 valence electrons. The molecule has 0 spiro atoms. The summed E-state index contributed by atoms with van der Waals surface area (Å²) >= 11 is 15.7. The first kappa shape index (κ1) is 18.6. The van der Waals surface area contributed by atoms with Crippen LogP contribution in [0.25, 0.3) is 6.08 Å². The largest absolute Gasteiger partial charge is 0.493 e. The summed E-state index contributed by atoms with van der Waals surface area (Å²) in [5.41, 5.74) is 6.53. The minimum atomic E-state index is -0.529. The van der Waals surface area contributed by atoms with Gasteiger partial charge in [-0.05, 0) is 51.8 Å². The standard InChI is InChI=1S/C17H14BrCl2NO3/c1-23-15-8-10(5-6-16(21)22)7-12(18)17(15)24-9-11-13(19)3-2-4-14(11)20/h2-8H,9H2,1H3,(H2,21,22)/b6-5+. The van der Waals surface area contributed by atoms with Crippen molar-refractivity contribution in [2.24, 2.45) is 5.73 Å². The summed E-state index contributed by atoms with van der Waals surface area (Å²) in [4.78, 5) is 10.8. The number of methoxy groups -OCH3 is 1. The minimum Gasteiger partial charge on any atom is -0.493 e. The van der Waals surface area contributed by atoms with E-state index >= 15 is 0 Å². The maximum absolute atomic E-state index is 10.8. The van der Waals surface area contributed by atoms with Crippen LogP contribution in [-0.4, -0.2) is 13.0 Å². The maximum Gasteiger partial charge on any atom is 0.241 e. The van der Waals surface area contributed by atoms with Gasteiger partial charge in [0, 0.05) is 21.7 Å². The fourth-order valence-corrected chi connectivity index (χ4v) is 3.05. The molecule has 2 N–H and O–H groups in total. The molecule has 2 aromatic rings. The van der Waals surface area contributed by atoms with Crippen molar-refractivity contribution in [3.05, 3.63) is 62.1 Å². The third kappa shape index (κ3) is 4.66. The molecule has 0 bridgehead atoms. The fraction of sp³-hybridized carbons (Fsp3) is 0.118. The Hall–Kier alpha value is -1.69. The first-order valence-electron chi connectivity index (χ1n) is 6.83. The van der Waals surface area contributed by atoms with Crippen LogP contribution in [0.2, 0.25) is 10.0 Å². The Labute approximate surface area is 158 Å². The Morgan fingerprint density at radius 2 is 1.96 bits per heavy atom. The molecule has 1 amide bonds. The second kappa shape index (κ2) is 8.42. The molecule has 7 heteroatoms. The molecule has 0 atom stereocenters. The van der Waals surface area contributed by atoms with Crippen LogP contribution in [0.4, 0.5) is 0 Å². The van der Waals surface area contributed by atoms with Crippen molar-refractivity contribution >= 4 is 51.1 Å². The number of hydrogen-bond donors (Lipinski definition) is 1. The van der Waals surface area contributed by atoms with Crippen LogP contribution in [0.5, 0.6) is 11.5 Å². The molecular weight excluding hydrogens is 417 g/mol. The van der Waals surface area contributed by atoms with E-state index in [0.717, 1.165) is 5.56 Å². The first-order chi connectivity index (χ1) is 11.4. The minimum absolute atomic E-state index is 0.184. The molecule has 0 heterocycles. The molecule has 0 saturated carbocycles. The van der Waals surface area contributed by atoms with Gasteiger partial charge < -0.3 is 15.2 Å². The van der Waals surface area contributed by atoms with Gasteiger partial charge in [0.25, 0.3) is 0 Å². The number of halogens is 3. The summed E-state index contributed by atoms with van der Waals surface area (Å²) in [6.45, 7) is 0.184. The lowest BCUT2D eigenvalue weighted by atomic mass is 10.2. The Kier molecular flexibility index (Phi) is 6.54. The second-order valence-electron chi connectivity index (χ2n) is 4.76. The van der Waals surface area contributed by atoms with Gasteiger partial charge in [-0.15, -0.1) is 0 Å². The van der Waals surface area contributed by atoms with Crippen LogP contribution in [0, 0.1) is 0 Å². The smallest absolute Gasteiger partial charge is 0.241 e. The summed E-state index contributed by atoms with van der Waals surface area (Å²) in [7, 11) is 1.53. The molecule has 4 nitrogen and oxygen atoms in total. The van der Waals surface area contributed by atoms with Crippen LogP contribution < -0.4 is 15.2 Å². The molecule has 0 fully saturated rings. The molecule has 2 rings (SSSR count). The summed E-state index contributed by atoms with van der Waals surface area (Å²) in [5.74, 6) is 0.472. The van der Waals surface area contributed by atoms with Crippen molar-refractivity contribution < 1.29 is 14.3 Å². The zero-order valence-electron chi connectivity index (χ0n) is 12.7. The number of nitrogens with two attached hydrogens (primary N) is 1. The lowest BCUT2D eigenvalue weighted by Crippen LogP contribution is -2.05. The van der Waals surface area contributed by atoms with E-state index < -0.39 is 5.91 Å². The van der Waals surface area contributed by atoms with Gasteiger partial charge in [-0.25, -0.2) is 0 Å². The van der Waals surface area contributed by atoms with Crippen LogP contribution in [0.1, 0.15) is 11.1 Å². The van der Waals surface area contributed by atoms with Crippen molar-refractivity contribution in [3.8, 4) is 11.5 Å². The molecule has 0 radical (unpaired) electrons. The van der Waals surface area contributed by atoms with Crippen LogP contribution in [-0.2, 0) is 11.4 Å². The molecule has 24 heavy (non-hydrogen) atoms. The third-order valence-corrected chi connectivity index (χ3v) is 4.41. The summed E-state index contributed by atoms with van der Waals surface area (Å²) < 4.78 is 11.8. The second-order valence-corrected chi connectivity index (χ2v) is 6.43. The zero-order valence-corrected chi connectivity index (χ0v) is 15.8. The number of amides is 1. The van der Waals surface area contributed by atoms with Crippen molar-refractivity contribution in [2.75, 3.05) is 7.11 Å². The third-order valence-electron chi connectivity index (χ3n) is 3.11. The van der Waals surface area contributed by atoms with E-state index in [-0.39, 0.29) is 6.61 Å². The molecule has 0 saturated heterocycles. The van der Waals surface area contributed by atoms with Crippen molar-refractivity contribution in [1.29, 1.82) is 0 Å². The molecule has 0 aliphatic rings. The van der Waals surface area contributed by atoms with Gasteiger partial charge in [0.15, 0.2) is 11.5 Å². The topological polar surface area (TPSA) is 61.5 Å².